The molecule has 1 N–H and O–H groups in total. The second-order valence-electron chi connectivity index (χ2n) is 4.14. The van der Waals surface area contributed by atoms with Crippen LogP contribution >= 0.6 is 11.6 Å². The zero-order chi connectivity index (χ0) is 10.7. The summed E-state index contributed by atoms with van der Waals surface area (Å²) in [5, 5.41) is 3.71. The molecule has 1 unspecified atom stereocenters. The van der Waals surface area contributed by atoms with Gasteiger partial charge in [0.2, 0.25) is 5.28 Å². The Balaban J connectivity index is 1.92. The van der Waals surface area contributed by atoms with Crippen LogP contribution in [0.15, 0.2) is 12.3 Å². The second kappa shape index (κ2) is 4.79. The number of hydrogen-bond acceptors (Lipinski definition) is 3. The number of nitrogens with zero attached hydrogens (tertiary/aromatic N) is 2. The van der Waals surface area contributed by atoms with Crippen molar-refractivity contribution in [2.24, 2.45) is 5.92 Å². The highest BCUT2D eigenvalue weighted by molar-refractivity contribution is 6.28. The van der Waals surface area contributed by atoms with Crippen molar-refractivity contribution in [2.75, 3.05) is 5.32 Å². The molecule has 1 aliphatic carbocycles. The van der Waals surface area contributed by atoms with Gasteiger partial charge in [0.25, 0.3) is 0 Å². The van der Waals surface area contributed by atoms with Crippen molar-refractivity contribution in [1.29, 1.82) is 0 Å². The van der Waals surface area contributed by atoms with E-state index in [0.29, 0.717) is 11.3 Å². The molecule has 1 aliphatic rings. The van der Waals surface area contributed by atoms with Crippen LogP contribution in [-0.4, -0.2) is 16.0 Å². The third-order valence-electron chi connectivity index (χ3n) is 2.79. The summed E-state index contributed by atoms with van der Waals surface area (Å²) in [6.45, 7) is 2.20. The maximum absolute atomic E-state index is 5.73. The first kappa shape index (κ1) is 10.7. The predicted molar refractivity (Wildman–Crippen MR) is 62.1 cm³/mol. The summed E-state index contributed by atoms with van der Waals surface area (Å²) in [6.07, 6.45) is 6.84. The lowest BCUT2D eigenvalue weighted by atomic mass is 10.1. The van der Waals surface area contributed by atoms with Crippen LogP contribution in [0.5, 0.6) is 0 Å². The van der Waals surface area contributed by atoms with Gasteiger partial charge in [-0.2, -0.15) is 0 Å². The maximum Gasteiger partial charge on any atom is 0.224 e. The van der Waals surface area contributed by atoms with E-state index in [1.165, 1.54) is 19.3 Å². The van der Waals surface area contributed by atoms with Gasteiger partial charge in [0.1, 0.15) is 5.82 Å². The fourth-order valence-corrected chi connectivity index (χ4v) is 1.86. The van der Waals surface area contributed by atoms with Gasteiger partial charge in [-0.25, -0.2) is 9.97 Å². The molecule has 1 heterocycles. The Bertz CT molecular complexity index is 325. The van der Waals surface area contributed by atoms with E-state index in [-0.39, 0.29) is 0 Å². The van der Waals surface area contributed by atoms with Crippen LogP contribution in [0.3, 0.4) is 0 Å². The van der Waals surface area contributed by atoms with Crippen molar-refractivity contribution in [3.8, 4) is 0 Å². The van der Waals surface area contributed by atoms with E-state index in [0.717, 1.165) is 18.2 Å². The van der Waals surface area contributed by atoms with Crippen LogP contribution in [0.1, 0.15) is 32.6 Å². The topological polar surface area (TPSA) is 37.8 Å². The predicted octanol–water partition coefficient (Wildman–Crippen LogP) is 3.12. The Labute approximate surface area is 95.3 Å². The molecule has 1 aromatic heterocycles. The Hall–Kier alpha value is -0.830. The van der Waals surface area contributed by atoms with Crippen LogP contribution < -0.4 is 5.32 Å². The summed E-state index contributed by atoms with van der Waals surface area (Å²) in [4.78, 5) is 7.99. The van der Waals surface area contributed by atoms with Gasteiger partial charge < -0.3 is 5.32 Å². The minimum absolute atomic E-state index is 0.307. The Kier molecular flexibility index (Phi) is 3.41. The molecule has 0 amide bonds. The average Bonchev–Trinajstić information content (AvgIpc) is 3.01. The van der Waals surface area contributed by atoms with Crippen LogP contribution in [0.4, 0.5) is 5.82 Å². The quantitative estimate of drug-likeness (QED) is 0.783. The van der Waals surface area contributed by atoms with Crippen LogP contribution in [-0.2, 0) is 0 Å². The third kappa shape index (κ3) is 3.34. The number of hydrogen-bond donors (Lipinski definition) is 1. The molecule has 0 radical (unpaired) electrons. The monoisotopic (exact) mass is 225 g/mol. The molecule has 2 rings (SSSR count). The van der Waals surface area contributed by atoms with Gasteiger partial charge in [-0.1, -0.05) is 19.8 Å². The lowest BCUT2D eigenvalue weighted by molar-refractivity contribution is 0.585. The van der Waals surface area contributed by atoms with E-state index in [1.807, 2.05) is 6.07 Å². The SMILES string of the molecule is CCC(CC1CC1)Nc1ccnc(Cl)n1. The molecule has 1 saturated carbocycles. The molecule has 1 aromatic rings. The van der Waals surface area contributed by atoms with Crippen molar-refractivity contribution in [3.63, 3.8) is 0 Å². The Morgan fingerprint density at radius 2 is 2.40 bits per heavy atom. The van der Waals surface area contributed by atoms with E-state index in [4.69, 9.17) is 11.6 Å². The molecule has 4 heteroatoms. The lowest BCUT2D eigenvalue weighted by Crippen LogP contribution is -2.19. The van der Waals surface area contributed by atoms with Crippen molar-refractivity contribution >= 4 is 17.4 Å². The molecule has 15 heavy (non-hydrogen) atoms. The number of anilines is 1. The van der Waals surface area contributed by atoms with Gasteiger partial charge >= 0.3 is 0 Å². The van der Waals surface area contributed by atoms with Gasteiger partial charge in [-0.15, -0.1) is 0 Å². The average molecular weight is 226 g/mol. The number of halogens is 1. The molecular formula is C11H16ClN3. The van der Waals surface area contributed by atoms with E-state index >= 15 is 0 Å². The molecule has 0 spiro atoms. The van der Waals surface area contributed by atoms with E-state index in [2.05, 4.69) is 22.2 Å². The highest BCUT2D eigenvalue weighted by atomic mass is 35.5. The molecule has 0 saturated heterocycles. The van der Waals surface area contributed by atoms with Crippen molar-refractivity contribution < 1.29 is 0 Å². The standard InChI is InChI=1S/C11H16ClN3/c1-2-9(7-8-3-4-8)14-10-5-6-13-11(12)15-10/h5-6,8-9H,2-4,7H2,1H3,(H,13,14,15). The fraction of sp³-hybridized carbons (Fsp3) is 0.636. The molecule has 1 fully saturated rings. The summed E-state index contributed by atoms with van der Waals surface area (Å²) in [5.41, 5.74) is 0. The highest BCUT2D eigenvalue weighted by Gasteiger charge is 2.24. The Morgan fingerprint density at radius 1 is 1.60 bits per heavy atom. The summed E-state index contributed by atoms with van der Waals surface area (Å²) in [6, 6.07) is 2.38. The largest absolute Gasteiger partial charge is 0.367 e. The zero-order valence-electron chi connectivity index (χ0n) is 8.91. The first-order valence-corrected chi connectivity index (χ1v) is 5.90. The molecule has 0 bridgehead atoms. The summed E-state index contributed by atoms with van der Waals surface area (Å²) >= 11 is 5.73. The van der Waals surface area contributed by atoms with Crippen molar-refractivity contribution in [1.82, 2.24) is 9.97 Å². The van der Waals surface area contributed by atoms with Gasteiger partial charge in [0.05, 0.1) is 0 Å². The van der Waals surface area contributed by atoms with Gasteiger partial charge in [-0.3, -0.25) is 0 Å². The van der Waals surface area contributed by atoms with Crippen LogP contribution in [0.2, 0.25) is 5.28 Å². The normalized spacial score (nSPS) is 17.5. The summed E-state index contributed by atoms with van der Waals surface area (Å²) < 4.78 is 0. The van der Waals surface area contributed by atoms with E-state index in [1.54, 1.807) is 6.20 Å². The van der Waals surface area contributed by atoms with Crippen molar-refractivity contribution in [2.45, 2.75) is 38.6 Å². The molecule has 3 nitrogen and oxygen atoms in total. The third-order valence-corrected chi connectivity index (χ3v) is 2.97. The fourth-order valence-electron chi connectivity index (χ4n) is 1.71. The zero-order valence-corrected chi connectivity index (χ0v) is 9.67. The lowest BCUT2D eigenvalue weighted by Gasteiger charge is -2.16. The minimum Gasteiger partial charge on any atom is -0.367 e. The number of aromatic nitrogens is 2. The number of rotatable bonds is 5. The molecule has 82 valence electrons. The van der Waals surface area contributed by atoms with E-state index in [9.17, 15) is 0 Å². The van der Waals surface area contributed by atoms with Crippen molar-refractivity contribution in [3.05, 3.63) is 17.5 Å². The second-order valence-corrected chi connectivity index (χ2v) is 4.48. The van der Waals surface area contributed by atoms with Gasteiger partial charge in [-0.05, 0) is 36.4 Å². The van der Waals surface area contributed by atoms with Gasteiger partial charge in [0, 0.05) is 12.2 Å². The highest BCUT2D eigenvalue weighted by Crippen LogP contribution is 2.34. The molecular weight excluding hydrogens is 210 g/mol. The smallest absolute Gasteiger partial charge is 0.224 e. The molecule has 1 atom stereocenters. The molecule has 0 aliphatic heterocycles. The summed E-state index contributed by atoms with van der Waals surface area (Å²) in [7, 11) is 0. The molecule has 0 aromatic carbocycles. The Morgan fingerprint density at radius 3 is 3.00 bits per heavy atom. The first-order chi connectivity index (χ1) is 7.28. The van der Waals surface area contributed by atoms with Crippen LogP contribution in [0.25, 0.3) is 0 Å². The first-order valence-electron chi connectivity index (χ1n) is 5.53. The van der Waals surface area contributed by atoms with Gasteiger partial charge in [0.15, 0.2) is 0 Å². The number of nitrogens with one attached hydrogen (secondary N) is 1. The maximum atomic E-state index is 5.73. The summed E-state index contributed by atoms with van der Waals surface area (Å²) in [5.74, 6) is 1.77. The minimum atomic E-state index is 0.307. The van der Waals surface area contributed by atoms with E-state index < -0.39 is 0 Å². The van der Waals surface area contributed by atoms with Crippen LogP contribution in [0, 0.1) is 5.92 Å².